The molecule has 0 aliphatic heterocycles. The van der Waals surface area contributed by atoms with Gasteiger partial charge in [0, 0.05) is 12.5 Å². The summed E-state index contributed by atoms with van der Waals surface area (Å²) >= 11 is 0. The predicted molar refractivity (Wildman–Crippen MR) is 98.6 cm³/mol. The molecular weight excluding hydrogens is 316 g/mol. The van der Waals surface area contributed by atoms with Crippen LogP contribution in [0, 0.1) is 0 Å². The van der Waals surface area contributed by atoms with E-state index in [9.17, 15) is 9.59 Å². The standard InChI is InChI=1S/C20H30N2O3/c1-25-18-13-11-16(12-14-18)7-5-6-10-19(23)21-15-20(24)22-17-8-3-2-4-9-17/h11-14,17H,2-10,15H2,1H3,(H,21,23)(H,22,24). The Kier molecular flexibility index (Phi) is 8.29. The molecule has 5 heteroatoms. The van der Waals surface area contributed by atoms with Gasteiger partial charge in [0.05, 0.1) is 13.7 Å². The van der Waals surface area contributed by atoms with Gasteiger partial charge in [0.25, 0.3) is 0 Å². The van der Waals surface area contributed by atoms with E-state index < -0.39 is 0 Å². The van der Waals surface area contributed by atoms with Crippen molar-refractivity contribution in [3.8, 4) is 5.75 Å². The number of rotatable bonds is 9. The molecule has 2 rings (SSSR count). The number of unbranched alkanes of at least 4 members (excludes halogenated alkanes) is 1. The average Bonchev–Trinajstić information content (AvgIpc) is 2.65. The molecule has 2 amide bonds. The van der Waals surface area contributed by atoms with E-state index in [4.69, 9.17) is 4.74 Å². The van der Waals surface area contributed by atoms with Crippen LogP contribution in [0.3, 0.4) is 0 Å². The summed E-state index contributed by atoms with van der Waals surface area (Å²) in [4.78, 5) is 23.7. The van der Waals surface area contributed by atoms with Crippen LogP contribution in [0.4, 0.5) is 0 Å². The minimum atomic E-state index is -0.0708. The number of carbonyl (C=O) groups is 2. The summed E-state index contributed by atoms with van der Waals surface area (Å²) in [5.41, 5.74) is 1.24. The Labute approximate surface area is 150 Å². The monoisotopic (exact) mass is 346 g/mol. The highest BCUT2D eigenvalue weighted by Crippen LogP contribution is 2.17. The van der Waals surface area contributed by atoms with Crippen LogP contribution in [-0.4, -0.2) is 31.5 Å². The molecule has 1 aliphatic carbocycles. The van der Waals surface area contributed by atoms with Gasteiger partial charge in [0.2, 0.25) is 11.8 Å². The summed E-state index contributed by atoms with van der Waals surface area (Å²) in [6.07, 6.45) is 8.94. The Bertz CT molecular complexity index is 536. The number of hydrogen-bond donors (Lipinski definition) is 2. The summed E-state index contributed by atoms with van der Waals surface area (Å²) in [5, 5.41) is 5.73. The minimum absolute atomic E-state index is 0.0477. The molecule has 0 saturated heterocycles. The Morgan fingerprint density at radius 1 is 1.04 bits per heavy atom. The summed E-state index contributed by atoms with van der Waals surface area (Å²) in [5.74, 6) is 0.738. The van der Waals surface area contributed by atoms with E-state index in [1.165, 1.54) is 24.8 Å². The lowest BCUT2D eigenvalue weighted by molar-refractivity contribution is -0.126. The van der Waals surface area contributed by atoms with Gasteiger partial charge < -0.3 is 15.4 Å². The number of nitrogens with one attached hydrogen (secondary N) is 2. The molecule has 138 valence electrons. The number of hydrogen-bond acceptors (Lipinski definition) is 3. The smallest absolute Gasteiger partial charge is 0.239 e. The first kappa shape index (κ1) is 19.3. The van der Waals surface area contributed by atoms with E-state index in [1.807, 2.05) is 12.1 Å². The van der Waals surface area contributed by atoms with E-state index in [0.29, 0.717) is 12.5 Å². The van der Waals surface area contributed by atoms with Crippen molar-refractivity contribution in [2.75, 3.05) is 13.7 Å². The second-order valence-electron chi connectivity index (χ2n) is 6.73. The van der Waals surface area contributed by atoms with Gasteiger partial charge in [-0.05, 0) is 49.8 Å². The fourth-order valence-electron chi connectivity index (χ4n) is 3.20. The maximum atomic E-state index is 11.8. The van der Waals surface area contributed by atoms with Gasteiger partial charge in [0.1, 0.15) is 5.75 Å². The molecule has 0 atom stereocenters. The fourth-order valence-corrected chi connectivity index (χ4v) is 3.20. The van der Waals surface area contributed by atoms with E-state index in [1.54, 1.807) is 7.11 Å². The highest BCUT2D eigenvalue weighted by atomic mass is 16.5. The second-order valence-corrected chi connectivity index (χ2v) is 6.73. The van der Waals surface area contributed by atoms with Crippen molar-refractivity contribution in [3.05, 3.63) is 29.8 Å². The second kappa shape index (κ2) is 10.7. The largest absolute Gasteiger partial charge is 0.497 e. The SMILES string of the molecule is COc1ccc(CCCCC(=O)NCC(=O)NC2CCCCC2)cc1. The van der Waals surface area contributed by atoms with Gasteiger partial charge in [-0.15, -0.1) is 0 Å². The number of carbonyl (C=O) groups excluding carboxylic acids is 2. The molecule has 0 aromatic heterocycles. The Balaban J connectivity index is 1.53. The molecular formula is C20H30N2O3. The van der Waals surface area contributed by atoms with E-state index in [0.717, 1.165) is 37.9 Å². The van der Waals surface area contributed by atoms with E-state index in [2.05, 4.69) is 22.8 Å². The van der Waals surface area contributed by atoms with Crippen LogP contribution in [0.5, 0.6) is 5.75 Å². The molecule has 1 aromatic rings. The molecule has 0 radical (unpaired) electrons. The third-order valence-electron chi connectivity index (χ3n) is 4.69. The lowest BCUT2D eigenvalue weighted by Crippen LogP contribution is -2.42. The number of ether oxygens (including phenoxy) is 1. The number of aryl methyl sites for hydroxylation is 1. The van der Waals surface area contributed by atoms with Crippen molar-refractivity contribution in [1.82, 2.24) is 10.6 Å². The third kappa shape index (κ3) is 7.59. The van der Waals surface area contributed by atoms with E-state index >= 15 is 0 Å². The van der Waals surface area contributed by atoms with Crippen molar-refractivity contribution in [1.29, 1.82) is 0 Å². The Hall–Kier alpha value is -2.04. The van der Waals surface area contributed by atoms with Crippen molar-refractivity contribution in [2.24, 2.45) is 0 Å². The maximum Gasteiger partial charge on any atom is 0.239 e. The van der Waals surface area contributed by atoms with E-state index in [-0.39, 0.29) is 18.4 Å². The summed E-state index contributed by atoms with van der Waals surface area (Å²) in [7, 11) is 1.66. The molecule has 1 aromatic carbocycles. The van der Waals surface area contributed by atoms with Crippen molar-refractivity contribution in [2.45, 2.75) is 63.8 Å². The minimum Gasteiger partial charge on any atom is -0.497 e. The first-order valence-electron chi connectivity index (χ1n) is 9.36. The van der Waals surface area contributed by atoms with Crippen LogP contribution in [0.25, 0.3) is 0 Å². The molecule has 5 nitrogen and oxygen atoms in total. The molecule has 0 heterocycles. The molecule has 0 spiro atoms. The normalized spacial score (nSPS) is 14.8. The molecule has 1 aliphatic rings. The van der Waals surface area contributed by atoms with Gasteiger partial charge in [-0.2, -0.15) is 0 Å². The van der Waals surface area contributed by atoms with Crippen molar-refractivity contribution >= 4 is 11.8 Å². The van der Waals surface area contributed by atoms with Crippen molar-refractivity contribution in [3.63, 3.8) is 0 Å². The van der Waals surface area contributed by atoms with Crippen molar-refractivity contribution < 1.29 is 14.3 Å². The van der Waals surface area contributed by atoms with Crippen LogP contribution in [0.15, 0.2) is 24.3 Å². The zero-order valence-corrected chi connectivity index (χ0v) is 15.2. The Morgan fingerprint density at radius 3 is 2.44 bits per heavy atom. The Morgan fingerprint density at radius 2 is 1.76 bits per heavy atom. The van der Waals surface area contributed by atoms with Crippen LogP contribution in [0.2, 0.25) is 0 Å². The number of benzene rings is 1. The lowest BCUT2D eigenvalue weighted by Gasteiger charge is -2.22. The van der Waals surface area contributed by atoms with Gasteiger partial charge in [-0.25, -0.2) is 0 Å². The van der Waals surface area contributed by atoms with Crippen LogP contribution in [0.1, 0.15) is 56.9 Å². The molecule has 1 fully saturated rings. The number of amides is 2. The summed E-state index contributed by atoms with van der Waals surface area (Å²) in [6.45, 7) is 0.0911. The molecule has 2 N–H and O–H groups in total. The van der Waals surface area contributed by atoms with Crippen LogP contribution >= 0.6 is 0 Å². The van der Waals surface area contributed by atoms with Gasteiger partial charge in [0.15, 0.2) is 0 Å². The van der Waals surface area contributed by atoms with Crippen LogP contribution in [-0.2, 0) is 16.0 Å². The fraction of sp³-hybridized carbons (Fsp3) is 0.600. The summed E-state index contributed by atoms with van der Waals surface area (Å²) < 4.78 is 5.13. The average molecular weight is 346 g/mol. The predicted octanol–water partition coefficient (Wildman–Crippen LogP) is 2.97. The highest BCUT2D eigenvalue weighted by Gasteiger charge is 2.15. The molecule has 0 unspecified atom stereocenters. The quantitative estimate of drug-likeness (QED) is 0.676. The third-order valence-corrected chi connectivity index (χ3v) is 4.69. The summed E-state index contributed by atoms with van der Waals surface area (Å²) in [6, 6.07) is 8.30. The number of methoxy groups -OCH3 is 1. The molecule has 25 heavy (non-hydrogen) atoms. The first-order valence-corrected chi connectivity index (χ1v) is 9.36. The van der Waals surface area contributed by atoms with Gasteiger partial charge >= 0.3 is 0 Å². The van der Waals surface area contributed by atoms with Crippen LogP contribution < -0.4 is 15.4 Å². The van der Waals surface area contributed by atoms with Gasteiger partial charge in [-0.1, -0.05) is 31.4 Å². The first-order chi connectivity index (χ1) is 12.2. The maximum absolute atomic E-state index is 11.8. The highest BCUT2D eigenvalue weighted by molar-refractivity contribution is 5.84. The lowest BCUT2D eigenvalue weighted by atomic mass is 9.95. The topological polar surface area (TPSA) is 67.4 Å². The van der Waals surface area contributed by atoms with Gasteiger partial charge in [-0.3, -0.25) is 9.59 Å². The zero-order chi connectivity index (χ0) is 17.9. The molecule has 1 saturated carbocycles. The molecule has 0 bridgehead atoms. The zero-order valence-electron chi connectivity index (χ0n) is 15.2.